The molecule has 1 saturated heterocycles. The van der Waals surface area contributed by atoms with Crippen LogP contribution in [0.2, 0.25) is 0 Å². The first-order valence-electron chi connectivity index (χ1n) is 8.05. The number of carbonyl (C=O) groups is 1. The van der Waals surface area contributed by atoms with Gasteiger partial charge in [-0.05, 0) is 56.3 Å². The van der Waals surface area contributed by atoms with Gasteiger partial charge in [-0.1, -0.05) is 13.8 Å². The van der Waals surface area contributed by atoms with Gasteiger partial charge in [0.25, 0.3) is 0 Å². The van der Waals surface area contributed by atoms with Crippen LogP contribution in [0.5, 0.6) is 0 Å². The van der Waals surface area contributed by atoms with E-state index in [2.05, 4.69) is 25.7 Å². The Kier molecular flexibility index (Phi) is 3.36. The van der Waals surface area contributed by atoms with Gasteiger partial charge in [-0.3, -0.25) is 4.79 Å². The van der Waals surface area contributed by atoms with Crippen LogP contribution in [0.25, 0.3) is 0 Å². The van der Waals surface area contributed by atoms with Crippen LogP contribution in [0.1, 0.15) is 46.5 Å². The number of nitrogens with two attached hydrogens (primary N) is 1. The Morgan fingerprint density at radius 1 is 1.11 bits per heavy atom. The van der Waals surface area contributed by atoms with Crippen molar-refractivity contribution >= 4 is 5.91 Å². The number of hydrogen-bond acceptors (Lipinski definition) is 2. The lowest BCUT2D eigenvalue weighted by Crippen LogP contribution is -2.54. The van der Waals surface area contributed by atoms with Gasteiger partial charge in [-0.25, -0.2) is 0 Å². The van der Waals surface area contributed by atoms with E-state index in [4.69, 9.17) is 5.73 Å². The summed E-state index contributed by atoms with van der Waals surface area (Å²) in [4.78, 5) is 15.1. The third-order valence-corrected chi connectivity index (χ3v) is 6.15. The van der Waals surface area contributed by atoms with Crippen LogP contribution in [0.3, 0.4) is 0 Å². The summed E-state index contributed by atoms with van der Waals surface area (Å²) >= 11 is 0. The summed E-state index contributed by atoms with van der Waals surface area (Å²) in [6.07, 6.45) is 4.92. The fourth-order valence-corrected chi connectivity index (χ4v) is 4.90. The highest BCUT2D eigenvalue weighted by molar-refractivity contribution is 5.81. The Hall–Kier alpha value is -0.570. The van der Waals surface area contributed by atoms with E-state index in [9.17, 15) is 4.79 Å². The van der Waals surface area contributed by atoms with E-state index in [1.54, 1.807) is 0 Å². The number of likely N-dealkylation sites (tertiary alicyclic amines) is 1. The molecule has 2 saturated carbocycles. The van der Waals surface area contributed by atoms with E-state index in [0.29, 0.717) is 35.6 Å². The summed E-state index contributed by atoms with van der Waals surface area (Å²) in [6.45, 7) is 7.70. The first-order chi connectivity index (χ1) is 8.99. The maximum atomic E-state index is 12.9. The van der Waals surface area contributed by atoms with Gasteiger partial charge in [0.15, 0.2) is 0 Å². The molecule has 19 heavy (non-hydrogen) atoms. The summed E-state index contributed by atoms with van der Waals surface area (Å²) in [6, 6.07) is 0.515. The Labute approximate surface area is 116 Å². The molecule has 1 aliphatic heterocycles. The van der Waals surface area contributed by atoms with Gasteiger partial charge in [0.2, 0.25) is 5.91 Å². The van der Waals surface area contributed by atoms with Gasteiger partial charge >= 0.3 is 0 Å². The van der Waals surface area contributed by atoms with Gasteiger partial charge in [0, 0.05) is 18.6 Å². The number of rotatable bonds is 1. The van der Waals surface area contributed by atoms with Crippen LogP contribution in [0.15, 0.2) is 0 Å². The predicted molar refractivity (Wildman–Crippen MR) is 76.4 cm³/mol. The molecular formula is C16H28N2O. The van der Waals surface area contributed by atoms with Crippen LogP contribution in [-0.4, -0.2) is 29.4 Å². The molecule has 0 aromatic heterocycles. The second-order valence-corrected chi connectivity index (χ2v) is 7.49. The summed E-state index contributed by atoms with van der Waals surface area (Å²) in [5.41, 5.74) is 6.34. The van der Waals surface area contributed by atoms with Crippen molar-refractivity contribution < 1.29 is 4.79 Å². The zero-order valence-corrected chi connectivity index (χ0v) is 12.5. The number of piperidine rings is 1. The first kappa shape index (κ1) is 13.4. The Bertz CT molecular complexity index is 368. The van der Waals surface area contributed by atoms with E-state index >= 15 is 0 Å². The zero-order valence-electron chi connectivity index (χ0n) is 12.5. The van der Waals surface area contributed by atoms with E-state index < -0.39 is 0 Å². The second kappa shape index (κ2) is 4.76. The number of fused-ring (bicyclic) bond motifs is 2. The molecule has 0 spiro atoms. The average molecular weight is 264 g/mol. The molecule has 108 valence electrons. The molecular weight excluding hydrogens is 236 g/mol. The number of amides is 1. The van der Waals surface area contributed by atoms with Crippen LogP contribution in [-0.2, 0) is 4.79 Å². The van der Waals surface area contributed by atoms with Crippen molar-refractivity contribution in [3.05, 3.63) is 0 Å². The molecule has 7 atom stereocenters. The van der Waals surface area contributed by atoms with Crippen LogP contribution < -0.4 is 5.73 Å². The van der Waals surface area contributed by atoms with E-state index in [1.165, 1.54) is 25.7 Å². The van der Waals surface area contributed by atoms with E-state index in [-0.39, 0.29) is 12.0 Å². The molecule has 3 fully saturated rings. The molecule has 0 aromatic rings. The largest absolute Gasteiger partial charge is 0.339 e. The van der Waals surface area contributed by atoms with Crippen LogP contribution in [0, 0.1) is 29.6 Å². The zero-order chi connectivity index (χ0) is 13.7. The second-order valence-electron chi connectivity index (χ2n) is 7.49. The molecule has 3 heteroatoms. The van der Waals surface area contributed by atoms with Crippen LogP contribution in [0.4, 0.5) is 0 Å². The van der Waals surface area contributed by atoms with Crippen molar-refractivity contribution in [3.63, 3.8) is 0 Å². The topological polar surface area (TPSA) is 46.3 Å². The van der Waals surface area contributed by atoms with Gasteiger partial charge in [-0.2, -0.15) is 0 Å². The molecule has 2 aliphatic carbocycles. The third-order valence-electron chi connectivity index (χ3n) is 6.15. The normalized spacial score (nSPS) is 49.7. The summed E-state index contributed by atoms with van der Waals surface area (Å²) < 4.78 is 0. The van der Waals surface area contributed by atoms with Crippen molar-refractivity contribution in [3.8, 4) is 0 Å². The molecule has 0 aromatic carbocycles. The third kappa shape index (κ3) is 2.10. The maximum absolute atomic E-state index is 12.9. The minimum atomic E-state index is 0.124. The predicted octanol–water partition coefficient (Wildman–Crippen LogP) is 2.25. The fraction of sp³-hybridized carbons (Fsp3) is 0.938. The van der Waals surface area contributed by atoms with Gasteiger partial charge in [0.05, 0.1) is 5.92 Å². The summed E-state index contributed by atoms with van der Waals surface area (Å²) in [7, 11) is 0. The Morgan fingerprint density at radius 2 is 1.79 bits per heavy atom. The maximum Gasteiger partial charge on any atom is 0.227 e. The fourth-order valence-electron chi connectivity index (χ4n) is 4.90. The molecule has 2 bridgehead atoms. The molecule has 0 radical (unpaired) electrons. The molecule has 2 N–H and O–H groups in total. The lowest BCUT2D eigenvalue weighted by atomic mass is 9.81. The lowest BCUT2D eigenvalue weighted by Gasteiger charge is -2.44. The van der Waals surface area contributed by atoms with Gasteiger partial charge in [0.1, 0.15) is 0 Å². The van der Waals surface area contributed by atoms with Crippen LogP contribution >= 0.6 is 0 Å². The average Bonchev–Trinajstić information content (AvgIpc) is 2.93. The Balaban J connectivity index is 1.76. The van der Waals surface area contributed by atoms with Crippen molar-refractivity contribution in [1.82, 2.24) is 4.90 Å². The number of carbonyl (C=O) groups excluding carboxylic acids is 1. The standard InChI is InChI=1S/C16H28N2O/c1-9-6-10(2)11(3)18(8-9)16(19)14-12-4-5-13(7-12)15(14)17/h9-15H,4-8,17H2,1-3H3. The smallest absolute Gasteiger partial charge is 0.227 e. The van der Waals surface area contributed by atoms with E-state index in [1.807, 2.05) is 0 Å². The van der Waals surface area contributed by atoms with Crippen molar-refractivity contribution in [2.75, 3.05) is 6.54 Å². The number of hydrogen-bond donors (Lipinski definition) is 1. The molecule has 7 unspecified atom stereocenters. The SMILES string of the molecule is CC1CC(C)C(C)N(C(=O)C2C3CCC(C3)C2N)C1. The van der Waals surface area contributed by atoms with Crippen molar-refractivity contribution in [1.29, 1.82) is 0 Å². The molecule has 3 rings (SSSR count). The highest BCUT2D eigenvalue weighted by atomic mass is 16.2. The Morgan fingerprint density at radius 3 is 2.42 bits per heavy atom. The molecule has 1 heterocycles. The minimum absolute atomic E-state index is 0.124. The first-order valence-corrected chi connectivity index (χ1v) is 8.05. The van der Waals surface area contributed by atoms with Gasteiger partial charge in [-0.15, -0.1) is 0 Å². The summed E-state index contributed by atoms with van der Waals surface area (Å²) in [5, 5.41) is 0. The minimum Gasteiger partial charge on any atom is -0.339 e. The highest BCUT2D eigenvalue weighted by Crippen LogP contribution is 2.48. The van der Waals surface area contributed by atoms with Crippen molar-refractivity contribution in [2.24, 2.45) is 35.3 Å². The van der Waals surface area contributed by atoms with Crippen molar-refractivity contribution in [2.45, 2.75) is 58.5 Å². The lowest BCUT2D eigenvalue weighted by molar-refractivity contribution is -0.143. The quantitative estimate of drug-likeness (QED) is 0.789. The monoisotopic (exact) mass is 264 g/mol. The van der Waals surface area contributed by atoms with Gasteiger partial charge < -0.3 is 10.6 Å². The molecule has 3 nitrogen and oxygen atoms in total. The van der Waals surface area contributed by atoms with E-state index in [0.717, 1.165) is 6.54 Å². The highest BCUT2D eigenvalue weighted by Gasteiger charge is 2.51. The molecule has 1 amide bonds. The summed E-state index contributed by atoms with van der Waals surface area (Å²) in [5.74, 6) is 2.93. The number of nitrogens with zero attached hydrogens (tertiary/aromatic N) is 1. The molecule has 3 aliphatic rings.